The Hall–Kier alpha value is -2.12. The predicted octanol–water partition coefficient (Wildman–Crippen LogP) is 2.44. The standard InChI is InChI=1S/C19H23N3O3S/c1-25-17-5-4-15-8-11-21(14-16(15)12-17)19-7-6-18(13-20-19)26(23,24)22-9-2-3-10-22/h4-7,12-13H,2-3,8-11,14H2,1H3. The van der Waals surface area contributed by atoms with Gasteiger partial charge in [-0.2, -0.15) is 4.31 Å². The first-order valence-corrected chi connectivity index (χ1v) is 10.4. The molecule has 0 unspecified atom stereocenters. The number of benzene rings is 1. The van der Waals surface area contributed by atoms with E-state index in [0.717, 1.165) is 43.9 Å². The summed E-state index contributed by atoms with van der Waals surface area (Å²) in [6.07, 6.45) is 4.29. The molecular weight excluding hydrogens is 350 g/mol. The van der Waals surface area contributed by atoms with Gasteiger partial charge in [0.05, 0.1) is 7.11 Å². The molecular formula is C19H23N3O3S. The van der Waals surface area contributed by atoms with E-state index in [1.54, 1.807) is 17.5 Å². The second kappa shape index (κ2) is 6.89. The normalized spacial score (nSPS) is 18.0. The second-order valence-corrected chi connectivity index (χ2v) is 8.71. The van der Waals surface area contributed by atoms with Crippen LogP contribution in [-0.2, 0) is 23.0 Å². The molecule has 2 aliphatic rings. The molecule has 6 nitrogen and oxygen atoms in total. The molecule has 3 heterocycles. The number of hydrogen-bond acceptors (Lipinski definition) is 5. The molecule has 0 aliphatic carbocycles. The summed E-state index contributed by atoms with van der Waals surface area (Å²) in [6, 6.07) is 9.66. The van der Waals surface area contributed by atoms with E-state index >= 15 is 0 Å². The molecule has 138 valence electrons. The zero-order chi connectivity index (χ0) is 18.1. The largest absolute Gasteiger partial charge is 0.497 e. The minimum absolute atomic E-state index is 0.280. The highest BCUT2D eigenvalue weighted by molar-refractivity contribution is 7.89. The molecule has 1 aromatic heterocycles. The van der Waals surface area contributed by atoms with Crippen molar-refractivity contribution in [2.24, 2.45) is 0 Å². The maximum atomic E-state index is 12.6. The number of sulfonamides is 1. The van der Waals surface area contributed by atoms with E-state index in [1.165, 1.54) is 17.3 Å². The molecule has 0 saturated carbocycles. The Morgan fingerprint density at radius 1 is 1.04 bits per heavy atom. The van der Waals surface area contributed by atoms with E-state index in [-0.39, 0.29) is 4.90 Å². The Labute approximate surface area is 154 Å². The molecule has 2 aliphatic heterocycles. The van der Waals surface area contributed by atoms with E-state index in [0.29, 0.717) is 13.1 Å². The van der Waals surface area contributed by atoms with Crippen LogP contribution in [0.2, 0.25) is 0 Å². The van der Waals surface area contributed by atoms with Crippen molar-refractivity contribution in [2.75, 3.05) is 31.6 Å². The first kappa shape index (κ1) is 17.3. The highest BCUT2D eigenvalue weighted by Crippen LogP contribution is 2.27. The van der Waals surface area contributed by atoms with Crippen LogP contribution in [-0.4, -0.2) is 44.5 Å². The van der Waals surface area contributed by atoms with E-state index in [4.69, 9.17) is 4.74 Å². The molecule has 7 heteroatoms. The fourth-order valence-corrected chi connectivity index (χ4v) is 5.11. The van der Waals surface area contributed by atoms with Gasteiger partial charge in [-0.25, -0.2) is 13.4 Å². The van der Waals surface area contributed by atoms with Crippen molar-refractivity contribution in [1.82, 2.24) is 9.29 Å². The number of ether oxygens (including phenoxy) is 1. The average molecular weight is 373 g/mol. The number of methoxy groups -OCH3 is 1. The Balaban J connectivity index is 1.54. The molecule has 2 aromatic rings. The van der Waals surface area contributed by atoms with Gasteiger partial charge < -0.3 is 9.64 Å². The van der Waals surface area contributed by atoms with Crippen molar-refractivity contribution in [3.05, 3.63) is 47.7 Å². The third kappa shape index (κ3) is 3.17. The molecule has 0 spiro atoms. The fraction of sp³-hybridized carbons (Fsp3) is 0.421. The van der Waals surface area contributed by atoms with E-state index < -0.39 is 10.0 Å². The Kier molecular flexibility index (Phi) is 4.58. The summed E-state index contributed by atoms with van der Waals surface area (Å²) in [4.78, 5) is 6.90. The number of pyridine rings is 1. The van der Waals surface area contributed by atoms with Gasteiger partial charge in [0.15, 0.2) is 0 Å². The lowest BCUT2D eigenvalue weighted by Crippen LogP contribution is -2.31. The molecule has 0 bridgehead atoms. The molecule has 0 atom stereocenters. The van der Waals surface area contributed by atoms with Crippen molar-refractivity contribution in [3.8, 4) is 5.75 Å². The minimum atomic E-state index is -3.41. The van der Waals surface area contributed by atoms with Crippen molar-refractivity contribution < 1.29 is 13.2 Å². The van der Waals surface area contributed by atoms with Gasteiger partial charge in [0, 0.05) is 32.4 Å². The van der Waals surface area contributed by atoms with E-state index in [2.05, 4.69) is 22.0 Å². The molecule has 0 radical (unpaired) electrons. The van der Waals surface area contributed by atoms with Crippen LogP contribution in [0.15, 0.2) is 41.4 Å². The summed E-state index contributed by atoms with van der Waals surface area (Å²) in [5.74, 6) is 1.66. The zero-order valence-corrected chi connectivity index (χ0v) is 15.7. The van der Waals surface area contributed by atoms with Crippen LogP contribution in [0, 0.1) is 0 Å². The van der Waals surface area contributed by atoms with Gasteiger partial charge in [0.25, 0.3) is 0 Å². The molecule has 1 fully saturated rings. The SMILES string of the molecule is COc1ccc2c(c1)CN(c1ccc(S(=O)(=O)N3CCCC3)cn1)CC2. The van der Waals surface area contributed by atoms with Gasteiger partial charge in [-0.15, -0.1) is 0 Å². The van der Waals surface area contributed by atoms with Crippen LogP contribution in [0.25, 0.3) is 0 Å². The molecule has 0 N–H and O–H groups in total. The quantitative estimate of drug-likeness (QED) is 0.824. The predicted molar refractivity (Wildman–Crippen MR) is 100.0 cm³/mol. The first-order valence-electron chi connectivity index (χ1n) is 8.95. The maximum Gasteiger partial charge on any atom is 0.244 e. The highest BCUT2D eigenvalue weighted by Gasteiger charge is 2.27. The van der Waals surface area contributed by atoms with E-state index in [1.807, 2.05) is 12.1 Å². The van der Waals surface area contributed by atoms with Gasteiger partial charge >= 0.3 is 0 Å². The van der Waals surface area contributed by atoms with Crippen LogP contribution >= 0.6 is 0 Å². The van der Waals surface area contributed by atoms with Crippen LogP contribution < -0.4 is 9.64 Å². The lowest BCUT2D eigenvalue weighted by atomic mass is 9.99. The van der Waals surface area contributed by atoms with Gasteiger partial charge in [-0.3, -0.25) is 0 Å². The summed E-state index contributed by atoms with van der Waals surface area (Å²) in [7, 11) is -1.74. The summed E-state index contributed by atoms with van der Waals surface area (Å²) < 4.78 is 32.1. The highest BCUT2D eigenvalue weighted by atomic mass is 32.2. The summed E-state index contributed by atoms with van der Waals surface area (Å²) in [6.45, 7) is 2.83. The molecule has 4 rings (SSSR count). The number of aromatic nitrogens is 1. The number of hydrogen-bond donors (Lipinski definition) is 0. The zero-order valence-electron chi connectivity index (χ0n) is 14.9. The third-order valence-electron chi connectivity index (χ3n) is 5.17. The Morgan fingerprint density at radius 2 is 1.85 bits per heavy atom. The Bertz CT molecular complexity index is 891. The average Bonchev–Trinajstić information content (AvgIpc) is 3.23. The summed E-state index contributed by atoms with van der Waals surface area (Å²) in [5, 5.41) is 0. The van der Waals surface area contributed by atoms with Gasteiger partial charge in [-0.1, -0.05) is 6.07 Å². The number of fused-ring (bicyclic) bond motifs is 1. The summed E-state index contributed by atoms with van der Waals surface area (Å²) >= 11 is 0. The number of nitrogens with zero attached hydrogens (tertiary/aromatic N) is 3. The van der Waals surface area contributed by atoms with Gasteiger partial charge in [0.1, 0.15) is 16.5 Å². The molecule has 0 amide bonds. The smallest absolute Gasteiger partial charge is 0.244 e. The maximum absolute atomic E-state index is 12.6. The summed E-state index contributed by atoms with van der Waals surface area (Å²) in [5.41, 5.74) is 2.56. The van der Waals surface area contributed by atoms with Crippen molar-refractivity contribution in [3.63, 3.8) is 0 Å². The van der Waals surface area contributed by atoms with Crippen molar-refractivity contribution >= 4 is 15.8 Å². The Morgan fingerprint density at radius 3 is 2.54 bits per heavy atom. The topological polar surface area (TPSA) is 62.7 Å². The first-order chi connectivity index (χ1) is 12.6. The van der Waals surface area contributed by atoms with Crippen molar-refractivity contribution in [2.45, 2.75) is 30.7 Å². The van der Waals surface area contributed by atoms with E-state index in [9.17, 15) is 8.42 Å². The third-order valence-corrected chi connectivity index (χ3v) is 7.06. The van der Waals surface area contributed by atoms with Crippen LogP contribution in [0.1, 0.15) is 24.0 Å². The molecule has 26 heavy (non-hydrogen) atoms. The molecule has 1 aromatic carbocycles. The minimum Gasteiger partial charge on any atom is -0.497 e. The lowest BCUT2D eigenvalue weighted by Gasteiger charge is -2.30. The van der Waals surface area contributed by atoms with Crippen LogP contribution in [0.3, 0.4) is 0 Å². The van der Waals surface area contributed by atoms with Crippen molar-refractivity contribution in [1.29, 1.82) is 0 Å². The van der Waals surface area contributed by atoms with Gasteiger partial charge in [-0.05, 0) is 54.7 Å². The monoisotopic (exact) mass is 373 g/mol. The van der Waals surface area contributed by atoms with Crippen LogP contribution in [0.4, 0.5) is 5.82 Å². The second-order valence-electron chi connectivity index (χ2n) is 6.77. The lowest BCUT2D eigenvalue weighted by molar-refractivity contribution is 0.413. The molecule has 1 saturated heterocycles. The number of anilines is 1. The fourth-order valence-electron chi connectivity index (χ4n) is 3.65. The number of rotatable bonds is 4. The van der Waals surface area contributed by atoms with Gasteiger partial charge in [0.2, 0.25) is 10.0 Å². The van der Waals surface area contributed by atoms with Crippen LogP contribution in [0.5, 0.6) is 5.75 Å².